The van der Waals surface area contributed by atoms with Crippen LogP contribution >= 0.6 is 0 Å². The smallest absolute Gasteiger partial charge is 0.339 e. The molecule has 0 aromatic carbocycles. The molecule has 2 rings (SSSR count). The largest absolute Gasteiger partial charge is 0.478 e. The maximum Gasteiger partial charge on any atom is 0.339 e. The van der Waals surface area contributed by atoms with Gasteiger partial charge in [-0.15, -0.1) is 0 Å². The van der Waals surface area contributed by atoms with Gasteiger partial charge in [-0.1, -0.05) is 6.92 Å². The van der Waals surface area contributed by atoms with Crippen LogP contribution in [0.1, 0.15) is 30.1 Å². The minimum absolute atomic E-state index is 0.244. The molecule has 2 heterocycles. The minimum atomic E-state index is -0.934. The number of piperidine rings is 1. The van der Waals surface area contributed by atoms with Crippen LogP contribution in [0, 0.1) is 5.92 Å². The first-order valence-corrected chi connectivity index (χ1v) is 6.85. The summed E-state index contributed by atoms with van der Waals surface area (Å²) >= 11 is 0. The average Bonchev–Trinajstić information content (AvgIpc) is 2.46. The minimum Gasteiger partial charge on any atom is -0.478 e. The summed E-state index contributed by atoms with van der Waals surface area (Å²) in [6, 6.07) is 3.23. The summed E-state index contributed by atoms with van der Waals surface area (Å²) in [5, 5.41) is 12.3. The summed E-state index contributed by atoms with van der Waals surface area (Å²) < 4.78 is 0. The molecule has 1 aliphatic heterocycles. The first kappa shape index (κ1) is 13.8. The highest BCUT2D eigenvalue weighted by atomic mass is 16.4. The lowest BCUT2D eigenvalue weighted by Crippen LogP contribution is -2.35. The highest BCUT2D eigenvalue weighted by molar-refractivity contribution is 5.92. The summed E-state index contributed by atoms with van der Waals surface area (Å²) in [5.41, 5.74) is 0.244. The van der Waals surface area contributed by atoms with Crippen molar-refractivity contribution in [2.75, 3.05) is 31.5 Å². The highest BCUT2D eigenvalue weighted by Gasteiger charge is 2.18. The van der Waals surface area contributed by atoms with Crippen LogP contribution in [0.4, 0.5) is 5.82 Å². The summed E-state index contributed by atoms with van der Waals surface area (Å²) in [4.78, 5) is 17.6. The van der Waals surface area contributed by atoms with Crippen molar-refractivity contribution in [2.45, 2.75) is 19.8 Å². The van der Waals surface area contributed by atoms with Crippen molar-refractivity contribution in [1.82, 2.24) is 9.88 Å². The number of hydrogen-bond donors (Lipinski definition) is 2. The zero-order valence-corrected chi connectivity index (χ0v) is 11.3. The van der Waals surface area contributed by atoms with Gasteiger partial charge in [-0.3, -0.25) is 0 Å². The molecule has 0 amide bonds. The van der Waals surface area contributed by atoms with E-state index in [-0.39, 0.29) is 5.56 Å². The van der Waals surface area contributed by atoms with Gasteiger partial charge in [0.2, 0.25) is 0 Å². The topological polar surface area (TPSA) is 65.5 Å². The molecule has 0 atom stereocenters. The third-order valence-electron chi connectivity index (χ3n) is 3.75. The number of nitrogens with zero attached hydrogens (tertiary/aromatic N) is 2. The van der Waals surface area contributed by atoms with E-state index in [9.17, 15) is 4.79 Å². The van der Waals surface area contributed by atoms with Gasteiger partial charge in [0.05, 0.1) is 0 Å². The molecule has 1 aromatic heterocycles. The molecule has 1 aromatic rings. The molecule has 1 saturated heterocycles. The number of aromatic carboxylic acids is 1. The third kappa shape index (κ3) is 3.67. The number of nitrogens with one attached hydrogen (secondary N) is 1. The number of aromatic nitrogens is 1. The molecule has 1 fully saturated rings. The van der Waals surface area contributed by atoms with E-state index in [1.807, 2.05) is 0 Å². The van der Waals surface area contributed by atoms with Gasteiger partial charge in [-0.25, -0.2) is 9.78 Å². The molecule has 0 unspecified atom stereocenters. The van der Waals surface area contributed by atoms with Gasteiger partial charge in [0.1, 0.15) is 11.4 Å². The van der Waals surface area contributed by atoms with Gasteiger partial charge in [-0.05, 0) is 50.5 Å². The van der Waals surface area contributed by atoms with Crippen LogP contribution in [-0.2, 0) is 0 Å². The van der Waals surface area contributed by atoms with Gasteiger partial charge in [-0.2, -0.15) is 0 Å². The normalized spacial score (nSPS) is 17.3. The lowest BCUT2D eigenvalue weighted by Gasteiger charge is -2.31. The highest BCUT2D eigenvalue weighted by Crippen LogP contribution is 2.18. The summed E-state index contributed by atoms with van der Waals surface area (Å²) in [6.45, 7) is 6.37. The summed E-state index contributed by atoms with van der Waals surface area (Å²) in [5.74, 6) is 0.149. The first-order chi connectivity index (χ1) is 9.20. The van der Waals surface area contributed by atoms with Gasteiger partial charge >= 0.3 is 5.97 Å². The van der Waals surface area contributed by atoms with Gasteiger partial charge in [0.15, 0.2) is 0 Å². The quantitative estimate of drug-likeness (QED) is 0.849. The van der Waals surface area contributed by atoms with Crippen molar-refractivity contribution < 1.29 is 9.90 Å². The van der Waals surface area contributed by atoms with Crippen molar-refractivity contribution in [2.24, 2.45) is 5.92 Å². The van der Waals surface area contributed by atoms with E-state index < -0.39 is 5.97 Å². The Bertz CT molecular complexity index is 428. The lowest BCUT2D eigenvalue weighted by molar-refractivity contribution is 0.0697. The second-order valence-corrected chi connectivity index (χ2v) is 4.96. The van der Waals surface area contributed by atoms with Crippen LogP contribution in [0.2, 0.25) is 0 Å². The second kappa shape index (κ2) is 6.52. The van der Waals surface area contributed by atoms with E-state index in [0.717, 1.165) is 39.0 Å². The molecule has 5 nitrogen and oxygen atoms in total. The zero-order valence-electron chi connectivity index (χ0n) is 11.3. The van der Waals surface area contributed by atoms with Crippen molar-refractivity contribution in [1.29, 1.82) is 0 Å². The Balaban J connectivity index is 1.88. The van der Waals surface area contributed by atoms with Crippen LogP contribution in [0.15, 0.2) is 18.3 Å². The fourth-order valence-electron chi connectivity index (χ4n) is 2.47. The lowest BCUT2D eigenvalue weighted by atomic mass is 9.97. The molecule has 0 aliphatic carbocycles. The Morgan fingerprint density at radius 3 is 2.89 bits per heavy atom. The van der Waals surface area contributed by atoms with Gasteiger partial charge < -0.3 is 15.3 Å². The number of pyridine rings is 1. The molecule has 19 heavy (non-hydrogen) atoms. The molecule has 5 heteroatoms. The Hall–Kier alpha value is -1.62. The predicted octanol–water partition coefficient (Wildman–Crippen LogP) is 1.92. The molecule has 104 valence electrons. The number of anilines is 1. The SMILES string of the molecule is CCN1CCC(CNc2ncccc2C(=O)O)CC1. The number of carbonyl (C=O) groups is 1. The van der Waals surface area contributed by atoms with Crippen LogP contribution in [0.25, 0.3) is 0 Å². The van der Waals surface area contributed by atoms with E-state index in [1.165, 1.54) is 0 Å². The standard InChI is InChI=1S/C14H21N3O2/c1-2-17-8-5-11(6-9-17)10-16-13-12(14(18)19)4-3-7-15-13/h3-4,7,11H,2,5-6,8-10H2,1H3,(H,15,16)(H,18,19). The third-order valence-corrected chi connectivity index (χ3v) is 3.75. The van der Waals surface area contributed by atoms with Gasteiger partial charge in [0, 0.05) is 12.7 Å². The molecular formula is C14H21N3O2. The number of rotatable bonds is 5. The van der Waals surface area contributed by atoms with Crippen LogP contribution in [0.5, 0.6) is 0 Å². The maximum absolute atomic E-state index is 11.1. The molecule has 0 spiro atoms. The predicted molar refractivity (Wildman–Crippen MR) is 74.5 cm³/mol. The van der Waals surface area contributed by atoms with E-state index in [4.69, 9.17) is 5.11 Å². The monoisotopic (exact) mass is 263 g/mol. The average molecular weight is 263 g/mol. The summed E-state index contributed by atoms with van der Waals surface area (Å²) in [7, 11) is 0. The molecule has 1 aliphatic rings. The van der Waals surface area contributed by atoms with E-state index in [1.54, 1.807) is 18.3 Å². The second-order valence-electron chi connectivity index (χ2n) is 4.96. The van der Waals surface area contributed by atoms with E-state index >= 15 is 0 Å². The maximum atomic E-state index is 11.1. The molecule has 0 bridgehead atoms. The van der Waals surface area contributed by atoms with Crippen molar-refractivity contribution in [3.05, 3.63) is 23.9 Å². The Kier molecular flexibility index (Phi) is 4.74. The fourth-order valence-corrected chi connectivity index (χ4v) is 2.47. The summed E-state index contributed by atoms with van der Waals surface area (Å²) in [6.07, 6.45) is 3.95. The molecule has 0 saturated carbocycles. The zero-order chi connectivity index (χ0) is 13.7. The fraction of sp³-hybridized carbons (Fsp3) is 0.571. The Morgan fingerprint density at radius 2 is 2.26 bits per heavy atom. The van der Waals surface area contributed by atoms with Crippen LogP contribution in [0.3, 0.4) is 0 Å². The molecular weight excluding hydrogens is 242 g/mol. The van der Waals surface area contributed by atoms with Crippen LogP contribution in [-0.4, -0.2) is 47.1 Å². The van der Waals surface area contributed by atoms with Crippen molar-refractivity contribution in [3.63, 3.8) is 0 Å². The van der Waals surface area contributed by atoms with Crippen molar-refractivity contribution >= 4 is 11.8 Å². The number of likely N-dealkylation sites (tertiary alicyclic amines) is 1. The number of hydrogen-bond acceptors (Lipinski definition) is 4. The van der Waals surface area contributed by atoms with Gasteiger partial charge in [0.25, 0.3) is 0 Å². The van der Waals surface area contributed by atoms with E-state index in [0.29, 0.717) is 11.7 Å². The Morgan fingerprint density at radius 1 is 1.53 bits per heavy atom. The number of carboxylic acids is 1. The number of carboxylic acid groups (broad SMARTS) is 1. The first-order valence-electron chi connectivity index (χ1n) is 6.85. The Labute approximate surface area is 113 Å². The van der Waals surface area contributed by atoms with Crippen molar-refractivity contribution in [3.8, 4) is 0 Å². The van der Waals surface area contributed by atoms with E-state index in [2.05, 4.69) is 22.1 Å². The molecule has 2 N–H and O–H groups in total. The van der Waals surface area contributed by atoms with Crippen LogP contribution < -0.4 is 5.32 Å². The molecule has 0 radical (unpaired) electrons.